The third-order valence-corrected chi connectivity index (χ3v) is 5.40. The maximum absolute atomic E-state index is 12.4. The molecule has 3 rings (SSSR count). The van der Waals surface area contributed by atoms with Crippen LogP contribution in [0, 0.1) is 0 Å². The molecule has 0 unspecified atom stereocenters. The summed E-state index contributed by atoms with van der Waals surface area (Å²) in [5.74, 6) is -0.000296. The number of amides is 1. The molecule has 1 atom stereocenters. The third-order valence-electron chi connectivity index (χ3n) is 3.93. The molecule has 1 aromatic heterocycles. The Labute approximate surface area is 160 Å². The standard InChI is InChI=1S/C20H19BrN2OS/c1-2-18(14-8-10-16(21)11-9-14)23-19(24)12-17-13-25-20(22-17)15-6-4-3-5-7-15/h3-11,13,18H,2,12H2,1H3,(H,23,24)/t18-/m1/s1. The zero-order chi connectivity index (χ0) is 17.6. The van der Waals surface area contributed by atoms with E-state index < -0.39 is 0 Å². The van der Waals surface area contributed by atoms with E-state index in [1.807, 2.05) is 60.0 Å². The fourth-order valence-electron chi connectivity index (χ4n) is 2.63. The van der Waals surface area contributed by atoms with Crippen LogP contribution in [-0.4, -0.2) is 10.9 Å². The fourth-order valence-corrected chi connectivity index (χ4v) is 3.72. The van der Waals surface area contributed by atoms with Crippen LogP contribution in [0.4, 0.5) is 0 Å². The van der Waals surface area contributed by atoms with E-state index in [0.29, 0.717) is 6.42 Å². The van der Waals surface area contributed by atoms with Crippen LogP contribution in [0.5, 0.6) is 0 Å². The molecule has 128 valence electrons. The van der Waals surface area contributed by atoms with Crippen molar-refractivity contribution >= 4 is 33.2 Å². The maximum atomic E-state index is 12.4. The number of thiazole rings is 1. The zero-order valence-corrected chi connectivity index (χ0v) is 16.3. The number of carbonyl (C=O) groups excluding carboxylic acids is 1. The van der Waals surface area contributed by atoms with E-state index in [1.54, 1.807) is 11.3 Å². The molecular weight excluding hydrogens is 396 g/mol. The van der Waals surface area contributed by atoms with E-state index in [1.165, 1.54) is 0 Å². The lowest BCUT2D eigenvalue weighted by Gasteiger charge is -2.17. The highest BCUT2D eigenvalue weighted by Crippen LogP contribution is 2.24. The van der Waals surface area contributed by atoms with Crippen LogP contribution < -0.4 is 5.32 Å². The molecule has 1 N–H and O–H groups in total. The lowest BCUT2D eigenvalue weighted by molar-refractivity contribution is -0.121. The summed E-state index contributed by atoms with van der Waals surface area (Å²) in [5, 5.41) is 6.02. The third kappa shape index (κ3) is 4.77. The van der Waals surface area contributed by atoms with E-state index in [0.717, 1.165) is 32.7 Å². The molecule has 0 aliphatic rings. The lowest BCUT2D eigenvalue weighted by atomic mass is 10.0. The number of nitrogens with one attached hydrogen (secondary N) is 1. The van der Waals surface area contributed by atoms with Crippen molar-refractivity contribution in [3.63, 3.8) is 0 Å². The average molecular weight is 415 g/mol. The SMILES string of the molecule is CC[C@@H](NC(=O)Cc1csc(-c2ccccc2)n1)c1ccc(Br)cc1. The molecule has 0 aliphatic heterocycles. The largest absolute Gasteiger partial charge is 0.349 e. The molecule has 0 fully saturated rings. The van der Waals surface area contributed by atoms with Crippen LogP contribution in [0.15, 0.2) is 64.5 Å². The van der Waals surface area contributed by atoms with Crippen LogP contribution in [0.1, 0.15) is 30.6 Å². The molecule has 0 spiro atoms. The van der Waals surface area contributed by atoms with Gasteiger partial charge in [0.1, 0.15) is 5.01 Å². The average Bonchev–Trinajstić information content (AvgIpc) is 3.10. The van der Waals surface area contributed by atoms with E-state index in [9.17, 15) is 4.79 Å². The number of nitrogens with zero attached hydrogens (tertiary/aromatic N) is 1. The van der Waals surface area contributed by atoms with E-state index in [4.69, 9.17) is 0 Å². The number of carbonyl (C=O) groups is 1. The first-order valence-electron chi connectivity index (χ1n) is 8.20. The second kappa shape index (κ2) is 8.41. The Morgan fingerprint density at radius 1 is 1.16 bits per heavy atom. The van der Waals surface area contributed by atoms with Crippen LogP contribution in [0.2, 0.25) is 0 Å². The number of hydrogen-bond donors (Lipinski definition) is 1. The number of hydrogen-bond acceptors (Lipinski definition) is 3. The summed E-state index contributed by atoms with van der Waals surface area (Å²) in [6.07, 6.45) is 1.15. The topological polar surface area (TPSA) is 42.0 Å². The Morgan fingerprint density at radius 3 is 2.56 bits per heavy atom. The number of aromatic nitrogens is 1. The second-order valence-electron chi connectivity index (χ2n) is 5.77. The highest BCUT2D eigenvalue weighted by atomic mass is 79.9. The highest BCUT2D eigenvalue weighted by molar-refractivity contribution is 9.10. The Kier molecular flexibility index (Phi) is 6.00. The predicted molar refractivity (Wildman–Crippen MR) is 107 cm³/mol. The van der Waals surface area contributed by atoms with Gasteiger partial charge in [0.15, 0.2) is 0 Å². The van der Waals surface area contributed by atoms with E-state index in [2.05, 4.69) is 33.2 Å². The minimum atomic E-state index is -0.000296. The van der Waals surface area contributed by atoms with Gasteiger partial charge in [-0.2, -0.15) is 0 Å². The molecule has 0 saturated heterocycles. The van der Waals surface area contributed by atoms with Crippen molar-refractivity contribution in [1.29, 1.82) is 0 Å². The molecule has 3 aromatic rings. The number of benzene rings is 2. The van der Waals surface area contributed by atoms with Crippen molar-refractivity contribution in [2.24, 2.45) is 0 Å². The van der Waals surface area contributed by atoms with Crippen molar-refractivity contribution in [2.45, 2.75) is 25.8 Å². The Hall–Kier alpha value is -1.98. The van der Waals surface area contributed by atoms with Gasteiger partial charge in [0.25, 0.3) is 0 Å². The van der Waals surface area contributed by atoms with Gasteiger partial charge < -0.3 is 5.32 Å². The monoisotopic (exact) mass is 414 g/mol. The van der Waals surface area contributed by atoms with Gasteiger partial charge in [-0.1, -0.05) is 65.3 Å². The second-order valence-corrected chi connectivity index (χ2v) is 7.54. The summed E-state index contributed by atoms with van der Waals surface area (Å²) in [6, 6.07) is 18.1. The molecule has 1 amide bonds. The fraction of sp³-hybridized carbons (Fsp3) is 0.200. The molecule has 1 heterocycles. The summed E-state index contributed by atoms with van der Waals surface area (Å²) in [4.78, 5) is 17.0. The predicted octanol–water partition coefficient (Wildman–Crippen LogP) is 5.38. The van der Waals surface area contributed by atoms with Gasteiger partial charge in [-0.05, 0) is 24.1 Å². The van der Waals surface area contributed by atoms with Crippen LogP contribution in [0.25, 0.3) is 10.6 Å². The number of halogens is 1. The first-order chi connectivity index (χ1) is 12.2. The lowest BCUT2D eigenvalue weighted by Crippen LogP contribution is -2.29. The molecule has 0 bridgehead atoms. The molecule has 0 saturated carbocycles. The normalized spacial score (nSPS) is 11.9. The quantitative estimate of drug-likeness (QED) is 0.587. The van der Waals surface area contributed by atoms with Gasteiger partial charge in [0.2, 0.25) is 5.91 Å². The van der Waals surface area contributed by atoms with Gasteiger partial charge in [0.05, 0.1) is 18.2 Å². The Morgan fingerprint density at radius 2 is 1.88 bits per heavy atom. The first kappa shape index (κ1) is 17.8. The van der Waals surface area contributed by atoms with Crippen LogP contribution >= 0.6 is 27.3 Å². The van der Waals surface area contributed by atoms with Gasteiger partial charge in [-0.3, -0.25) is 4.79 Å². The highest BCUT2D eigenvalue weighted by Gasteiger charge is 2.14. The minimum Gasteiger partial charge on any atom is -0.349 e. The van der Waals surface area contributed by atoms with E-state index in [-0.39, 0.29) is 11.9 Å². The van der Waals surface area contributed by atoms with Gasteiger partial charge in [-0.25, -0.2) is 4.98 Å². The maximum Gasteiger partial charge on any atom is 0.226 e. The molecule has 25 heavy (non-hydrogen) atoms. The zero-order valence-electron chi connectivity index (χ0n) is 13.9. The summed E-state index contributed by atoms with van der Waals surface area (Å²) in [7, 11) is 0. The molecule has 2 aromatic carbocycles. The van der Waals surface area contributed by atoms with Crippen LogP contribution in [0.3, 0.4) is 0 Å². The minimum absolute atomic E-state index is 0.000296. The molecule has 3 nitrogen and oxygen atoms in total. The summed E-state index contributed by atoms with van der Waals surface area (Å²) >= 11 is 5.01. The molecule has 0 aliphatic carbocycles. The molecular formula is C20H19BrN2OS. The summed E-state index contributed by atoms with van der Waals surface area (Å²) in [5.41, 5.74) is 3.01. The van der Waals surface area contributed by atoms with Crippen molar-refractivity contribution in [2.75, 3.05) is 0 Å². The van der Waals surface area contributed by atoms with Crippen molar-refractivity contribution in [3.8, 4) is 10.6 Å². The summed E-state index contributed by atoms with van der Waals surface area (Å²) in [6.45, 7) is 2.07. The molecule has 5 heteroatoms. The van der Waals surface area contributed by atoms with Crippen molar-refractivity contribution in [3.05, 3.63) is 75.7 Å². The summed E-state index contributed by atoms with van der Waals surface area (Å²) < 4.78 is 1.04. The smallest absolute Gasteiger partial charge is 0.226 e. The molecule has 0 radical (unpaired) electrons. The van der Waals surface area contributed by atoms with Gasteiger partial charge >= 0.3 is 0 Å². The van der Waals surface area contributed by atoms with Crippen LogP contribution in [-0.2, 0) is 11.2 Å². The van der Waals surface area contributed by atoms with Crippen molar-refractivity contribution < 1.29 is 4.79 Å². The van der Waals surface area contributed by atoms with Gasteiger partial charge in [-0.15, -0.1) is 11.3 Å². The Balaban J connectivity index is 1.64. The van der Waals surface area contributed by atoms with E-state index >= 15 is 0 Å². The number of rotatable bonds is 6. The van der Waals surface area contributed by atoms with Crippen molar-refractivity contribution in [1.82, 2.24) is 10.3 Å². The Bertz CT molecular complexity index is 830. The first-order valence-corrected chi connectivity index (χ1v) is 9.87. The van der Waals surface area contributed by atoms with Gasteiger partial charge in [0, 0.05) is 15.4 Å².